The third-order valence-electron chi connectivity index (χ3n) is 4.91. The number of hydrogen-bond acceptors (Lipinski definition) is 4. The third-order valence-corrected chi connectivity index (χ3v) is 5.60. The molecule has 2 heterocycles. The van der Waals surface area contributed by atoms with Crippen molar-refractivity contribution in [2.24, 2.45) is 4.99 Å². The standard InChI is InChI=1S/C24H22N2O2S/c1-15-4-6-20(26-23(27)19-9-11-29-14-19)13-22(15)21-7-5-18(12-16(21)2)24-25-10-8-17(3)28-24/h4-9,11-14H,10H2,1-3H3,(H,26,27). The van der Waals surface area contributed by atoms with Crippen molar-refractivity contribution in [1.29, 1.82) is 0 Å². The van der Waals surface area contributed by atoms with Crippen LogP contribution in [0.2, 0.25) is 0 Å². The summed E-state index contributed by atoms with van der Waals surface area (Å²) in [6.07, 6.45) is 1.96. The minimum absolute atomic E-state index is 0.0935. The highest BCUT2D eigenvalue weighted by Crippen LogP contribution is 2.30. The van der Waals surface area contributed by atoms with Gasteiger partial charge in [0.05, 0.1) is 12.1 Å². The van der Waals surface area contributed by atoms with Crippen molar-refractivity contribution in [1.82, 2.24) is 0 Å². The van der Waals surface area contributed by atoms with E-state index in [-0.39, 0.29) is 5.91 Å². The first kappa shape index (κ1) is 19.2. The van der Waals surface area contributed by atoms with E-state index in [1.807, 2.05) is 54.1 Å². The fraction of sp³-hybridized carbons (Fsp3) is 0.167. The van der Waals surface area contributed by atoms with Crippen LogP contribution in [0.5, 0.6) is 0 Å². The van der Waals surface area contributed by atoms with E-state index in [1.54, 1.807) is 0 Å². The number of carbonyl (C=O) groups excluding carboxylic acids is 1. The molecule has 1 aliphatic heterocycles. The fourth-order valence-corrected chi connectivity index (χ4v) is 3.96. The minimum atomic E-state index is -0.0935. The van der Waals surface area contributed by atoms with Crippen molar-refractivity contribution < 1.29 is 9.53 Å². The van der Waals surface area contributed by atoms with Gasteiger partial charge >= 0.3 is 0 Å². The van der Waals surface area contributed by atoms with Gasteiger partial charge in [0.15, 0.2) is 0 Å². The molecule has 0 bridgehead atoms. The van der Waals surface area contributed by atoms with E-state index >= 15 is 0 Å². The number of ether oxygens (including phenoxy) is 1. The highest BCUT2D eigenvalue weighted by atomic mass is 32.1. The van der Waals surface area contributed by atoms with Crippen LogP contribution < -0.4 is 5.32 Å². The molecule has 0 fully saturated rings. The molecule has 0 radical (unpaired) electrons. The number of carbonyl (C=O) groups is 1. The number of amides is 1. The molecule has 29 heavy (non-hydrogen) atoms. The number of hydrogen-bond donors (Lipinski definition) is 1. The van der Waals surface area contributed by atoms with Gasteiger partial charge in [-0.15, -0.1) is 0 Å². The first-order valence-corrected chi connectivity index (χ1v) is 10.4. The number of allylic oxidation sites excluding steroid dienone is 1. The zero-order chi connectivity index (χ0) is 20.4. The molecular formula is C24H22N2O2S. The Labute approximate surface area is 174 Å². The van der Waals surface area contributed by atoms with Crippen LogP contribution in [-0.4, -0.2) is 18.3 Å². The average molecular weight is 403 g/mol. The minimum Gasteiger partial charge on any atom is -0.444 e. The number of benzene rings is 2. The lowest BCUT2D eigenvalue weighted by atomic mass is 9.94. The molecule has 5 heteroatoms. The highest BCUT2D eigenvalue weighted by molar-refractivity contribution is 7.08. The summed E-state index contributed by atoms with van der Waals surface area (Å²) in [7, 11) is 0. The van der Waals surface area contributed by atoms with Crippen molar-refractivity contribution in [2.75, 3.05) is 11.9 Å². The molecule has 3 aromatic rings. The van der Waals surface area contributed by atoms with E-state index in [2.05, 4.69) is 36.3 Å². The smallest absolute Gasteiger partial charge is 0.256 e. The van der Waals surface area contributed by atoms with Gasteiger partial charge in [-0.25, -0.2) is 4.99 Å². The summed E-state index contributed by atoms with van der Waals surface area (Å²) in [5.74, 6) is 1.44. The lowest BCUT2D eigenvalue weighted by molar-refractivity contribution is 0.102. The topological polar surface area (TPSA) is 50.7 Å². The van der Waals surface area contributed by atoms with E-state index in [9.17, 15) is 4.79 Å². The zero-order valence-electron chi connectivity index (χ0n) is 16.7. The summed E-state index contributed by atoms with van der Waals surface area (Å²) < 4.78 is 5.76. The van der Waals surface area contributed by atoms with Gasteiger partial charge in [-0.3, -0.25) is 4.79 Å². The van der Waals surface area contributed by atoms with Crippen LogP contribution in [0.1, 0.15) is 34.0 Å². The molecule has 146 valence electrons. The first-order valence-electron chi connectivity index (χ1n) is 9.46. The second kappa shape index (κ2) is 8.05. The molecule has 4 nitrogen and oxygen atoms in total. The molecule has 0 spiro atoms. The van der Waals surface area contributed by atoms with E-state index in [0.29, 0.717) is 18.0 Å². The van der Waals surface area contributed by atoms with E-state index in [0.717, 1.165) is 39.3 Å². The summed E-state index contributed by atoms with van der Waals surface area (Å²) >= 11 is 1.51. The summed E-state index contributed by atoms with van der Waals surface area (Å²) in [4.78, 5) is 16.8. The fourth-order valence-electron chi connectivity index (χ4n) is 3.32. The largest absolute Gasteiger partial charge is 0.444 e. The molecule has 2 aromatic carbocycles. The normalized spacial score (nSPS) is 13.3. The van der Waals surface area contributed by atoms with Crippen LogP contribution in [0.25, 0.3) is 11.1 Å². The SMILES string of the molecule is CC1=CCN=C(c2ccc(-c3cc(NC(=O)c4ccsc4)ccc3C)c(C)c2)O1. The summed E-state index contributed by atoms with van der Waals surface area (Å²) in [6.45, 7) is 6.75. The van der Waals surface area contributed by atoms with Gasteiger partial charge in [-0.2, -0.15) is 11.3 Å². The molecule has 0 saturated carbocycles. The quantitative estimate of drug-likeness (QED) is 0.585. The van der Waals surface area contributed by atoms with Gasteiger partial charge in [0, 0.05) is 16.6 Å². The number of thiophene rings is 1. The second-order valence-corrected chi connectivity index (χ2v) is 7.87. The van der Waals surface area contributed by atoms with Crippen LogP contribution in [0, 0.1) is 13.8 Å². The summed E-state index contributed by atoms with van der Waals surface area (Å²) in [5, 5.41) is 6.74. The van der Waals surface area contributed by atoms with Gasteiger partial charge < -0.3 is 10.1 Å². The van der Waals surface area contributed by atoms with Crippen molar-refractivity contribution in [2.45, 2.75) is 20.8 Å². The van der Waals surface area contributed by atoms with E-state index in [1.165, 1.54) is 11.3 Å². The number of aryl methyl sites for hydroxylation is 2. The molecule has 1 aromatic heterocycles. The first-order chi connectivity index (χ1) is 14.0. The Hall–Kier alpha value is -3.18. The maximum absolute atomic E-state index is 12.4. The molecule has 4 rings (SSSR count). The Morgan fingerprint density at radius 2 is 1.90 bits per heavy atom. The van der Waals surface area contributed by atoms with Crippen LogP contribution in [0.3, 0.4) is 0 Å². The van der Waals surface area contributed by atoms with E-state index in [4.69, 9.17) is 4.74 Å². The number of anilines is 1. The van der Waals surface area contributed by atoms with Crippen LogP contribution in [-0.2, 0) is 4.74 Å². The van der Waals surface area contributed by atoms with Crippen molar-refractivity contribution in [3.05, 3.63) is 87.3 Å². The molecule has 0 saturated heterocycles. The van der Waals surface area contributed by atoms with Crippen LogP contribution in [0.15, 0.2) is 70.1 Å². The Morgan fingerprint density at radius 3 is 2.62 bits per heavy atom. The maximum Gasteiger partial charge on any atom is 0.256 e. The monoisotopic (exact) mass is 402 g/mol. The zero-order valence-corrected chi connectivity index (χ0v) is 17.5. The lowest BCUT2D eigenvalue weighted by Crippen LogP contribution is -2.11. The Kier molecular flexibility index (Phi) is 5.32. The molecule has 1 aliphatic rings. The highest BCUT2D eigenvalue weighted by Gasteiger charge is 2.14. The second-order valence-electron chi connectivity index (χ2n) is 7.09. The molecule has 1 N–H and O–H groups in total. The van der Waals surface area contributed by atoms with Crippen molar-refractivity contribution in [3.8, 4) is 11.1 Å². The Morgan fingerprint density at radius 1 is 1.03 bits per heavy atom. The van der Waals surface area contributed by atoms with Gasteiger partial charge in [0.2, 0.25) is 5.90 Å². The maximum atomic E-state index is 12.4. The van der Waals surface area contributed by atoms with Crippen molar-refractivity contribution in [3.63, 3.8) is 0 Å². The van der Waals surface area contributed by atoms with Gasteiger partial charge in [0.1, 0.15) is 5.76 Å². The van der Waals surface area contributed by atoms with Crippen molar-refractivity contribution >= 4 is 28.8 Å². The number of nitrogens with zero attached hydrogens (tertiary/aromatic N) is 1. The molecular weight excluding hydrogens is 380 g/mol. The molecule has 0 atom stereocenters. The average Bonchev–Trinajstić information content (AvgIpc) is 3.25. The number of aliphatic imine (C=N–C) groups is 1. The third kappa shape index (κ3) is 4.15. The Balaban J connectivity index is 1.62. The summed E-state index contributed by atoms with van der Waals surface area (Å²) in [5.41, 5.74) is 6.94. The van der Waals surface area contributed by atoms with Gasteiger partial charge in [-0.05, 0) is 84.8 Å². The molecule has 0 unspecified atom stereocenters. The van der Waals surface area contributed by atoms with E-state index < -0.39 is 0 Å². The number of nitrogens with one attached hydrogen (secondary N) is 1. The summed E-state index contributed by atoms with van der Waals surface area (Å²) in [6, 6.07) is 14.1. The number of rotatable bonds is 4. The van der Waals surface area contributed by atoms with Gasteiger partial charge in [0.25, 0.3) is 5.91 Å². The molecule has 1 amide bonds. The predicted octanol–water partition coefficient (Wildman–Crippen LogP) is 5.96. The van der Waals surface area contributed by atoms with Gasteiger partial charge in [-0.1, -0.05) is 12.1 Å². The lowest BCUT2D eigenvalue weighted by Gasteiger charge is -2.16. The predicted molar refractivity (Wildman–Crippen MR) is 120 cm³/mol. The molecule has 0 aliphatic carbocycles. The Bertz CT molecular complexity index is 1130. The van der Waals surface area contributed by atoms with Crippen LogP contribution in [0.4, 0.5) is 5.69 Å². The van der Waals surface area contributed by atoms with Crippen LogP contribution >= 0.6 is 11.3 Å².